The van der Waals surface area contributed by atoms with Gasteiger partial charge in [0, 0.05) is 13.0 Å². The van der Waals surface area contributed by atoms with Crippen molar-refractivity contribution >= 4 is 5.91 Å². The molecule has 2 N–H and O–H groups in total. The van der Waals surface area contributed by atoms with Crippen LogP contribution < -0.4 is 5.32 Å². The van der Waals surface area contributed by atoms with Crippen molar-refractivity contribution in [2.45, 2.75) is 45.6 Å². The molecule has 1 amide bonds. The zero-order valence-corrected chi connectivity index (χ0v) is 9.12. The average molecular weight is 199 g/mol. The smallest absolute Gasteiger partial charge is 0.220 e. The first-order valence-electron chi connectivity index (χ1n) is 5.54. The second-order valence-electron chi connectivity index (χ2n) is 4.62. The fraction of sp³-hybridized carbons (Fsp3) is 0.909. The van der Waals surface area contributed by atoms with Gasteiger partial charge in [-0.05, 0) is 24.7 Å². The van der Waals surface area contributed by atoms with Gasteiger partial charge in [-0.15, -0.1) is 0 Å². The number of amides is 1. The molecule has 1 rings (SSSR count). The van der Waals surface area contributed by atoms with Gasteiger partial charge in [-0.1, -0.05) is 20.3 Å². The van der Waals surface area contributed by atoms with Crippen molar-refractivity contribution in [1.82, 2.24) is 5.32 Å². The maximum Gasteiger partial charge on any atom is 0.220 e. The van der Waals surface area contributed by atoms with Crippen molar-refractivity contribution in [2.24, 2.45) is 11.8 Å². The SMILES string of the molecule is CC(C)C(O)CNC(=O)CC1CCC1. The largest absolute Gasteiger partial charge is 0.391 e. The molecule has 3 nitrogen and oxygen atoms in total. The normalized spacial score (nSPS) is 19.1. The Morgan fingerprint density at radius 1 is 1.50 bits per heavy atom. The molecule has 82 valence electrons. The lowest BCUT2D eigenvalue weighted by molar-refractivity contribution is -0.123. The zero-order chi connectivity index (χ0) is 10.6. The van der Waals surface area contributed by atoms with E-state index >= 15 is 0 Å². The summed E-state index contributed by atoms with van der Waals surface area (Å²) >= 11 is 0. The molecule has 3 heteroatoms. The summed E-state index contributed by atoms with van der Waals surface area (Å²) in [7, 11) is 0. The topological polar surface area (TPSA) is 49.3 Å². The third-order valence-corrected chi connectivity index (χ3v) is 2.98. The molecule has 0 radical (unpaired) electrons. The van der Waals surface area contributed by atoms with Gasteiger partial charge in [-0.3, -0.25) is 4.79 Å². The molecule has 0 aromatic rings. The first-order chi connectivity index (χ1) is 6.59. The molecule has 1 aliphatic carbocycles. The van der Waals surface area contributed by atoms with Gasteiger partial charge >= 0.3 is 0 Å². The summed E-state index contributed by atoms with van der Waals surface area (Å²) in [5, 5.41) is 12.2. The first-order valence-corrected chi connectivity index (χ1v) is 5.54. The van der Waals surface area contributed by atoms with Crippen molar-refractivity contribution in [2.75, 3.05) is 6.54 Å². The molecular weight excluding hydrogens is 178 g/mol. The predicted molar refractivity (Wildman–Crippen MR) is 55.8 cm³/mol. The van der Waals surface area contributed by atoms with Gasteiger partial charge in [0.05, 0.1) is 6.10 Å². The maximum absolute atomic E-state index is 11.4. The highest BCUT2D eigenvalue weighted by molar-refractivity contribution is 5.76. The summed E-state index contributed by atoms with van der Waals surface area (Å²) in [5.41, 5.74) is 0. The lowest BCUT2D eigenvalue weighted by Crippen LogP contribution is -2.36. The minimum Gasteiger partial charge on any atom is -0.391 e. The summed E-state index contributed by atoms with van der Waals surface area (Å²) in [6, 6.07) is 0. The molecule has 0 saturated heterocycles. The van der Waals surface area contributed by atoms with E-state index in [-0.39, 0.29) is 11.8 Å². The molecule has 0 spiro atoms. The van der Waals surface area contributed by atoms with E-state index in [9.17, 15) is 9.90 Å². The predicted octanol–water partition coefficient (Wildman–Crippen LogP) is 1.31. The van der Waals surface area contributed by atoms with Gasteiger partial charge in [0.15, 0.2) is 0 Å². The van der Waals surface area contributed by atoms with Crippen LogP contribution in [0.2, 0.25) is 0 Å². The van der Waals surface area contributed by atoms with Gasteiger partial charge in [0.1, 0.15) is 0 Å². The van der Waals surface area contributed by atoms with E-state index < -0.39 is 6.10 Å². The Kier molecular flexibility index (Phi) is 4.39. The number of aliphatic hydroxyl groups excluding tert-OH is 1. The van der Waals surface area contributed by atoms with Gasteiger partial charge in [-0.25, -0.2) is 0 Å². The highest BCUT2D eigenvalue weighted by Gasteiger charge is 2.20. The molecule has 0 aromatic carbocycles. The molecule has 0 bridgehead atoms. The monoisotopic (exact) mass is 199 g/mol. The number of carbonyl (C=O) groups excluding carboxylic acids is 1. The van der Waals surface area contributed by atoms with E-state index in [0.717, 1.165) is 0 Å². The highest BCUT2D eigenvalue weighted by Crippen LogP contribution is 2.28. The Bertz CT molecular complexity index is 188. The van der Waals surface area contributed by atoms with Gasteiger partial charge in [0.2, 0.25) is 5.91 Å². The molecule has 1 fully saturated rings. The fourth-order valence-corrected chi connectivity index (χ4v) is 1.49. The Balaban J connectivity index is 2.07. The van der Waals surface area contributed by atoms with Crippen molar-refractivity contribution in [3.63, 3.8) is 0 Å². The van der Waals surface area contributed by atoms with Crippen LogP contribution in [-0.4, -0.2) is 23.7 Å². The molecular formula is C11H21NO2. The van der Waals surface area contributed by atoms with Crippen LogP contribution in [0.3, 0.4) is 0 Å². The van der Waals surface area contributed by atoms with E-state index in [1.807, 2.05) is 13.8 Å². The van der Waals surface area contributed by atoms with E-state index in [4.69, 9.17) is 0 Å². The summed E-state index contributed by atoms with van der Waals surface area (Å²) < 4.78 is 0. The second-order valence-corrected chi connectivity index (χ2v) is 4.62. The maximum atomic E-state index is 11.4. The molecule has 1 saturated carbocycles. The van der Waals surface area contributed by atoms with Crippen LogP contribution in [0.25, 0.3) is 0 Å². The summed E-state index contributed by atoms with van der Waals surface area (Å²) in [4.78, 5) is 11.4. The van der Waals surface area contributed by atoms with E-state index in [1.165, 1.54) is 19.3 Å². The Morgan fingerprint density at radius 3 is 2.57 bits per heavy atom. The highest BCUT2D eigenvalue weighted by atomic mass is 16.3. The summed E-state index contributed by atoms with van der Waals surface area (Å²) in [5.74, 6) is 0.902. The van der Waals surface area contributed by atoms with E-state index in [0.29, 0.717) is 18.9 Å². The minimum atomic E-state index is -0.416. The van der Waals surface area contributed by atoms with Crippen LogP contribution in [0.15, 0.2) is 0 Å². The second kappa shape index (κ2) is 5.35. The summed E-state index contributed by atoms with van der Waals surface area (Å²) in [6.07, 6.45) is 3.89. The third-order valence-electron chi connectivity index (χ3n) is 2.98. The Morgan fingerprint density at radius 2 is 2.14 bits per heavy atom. The third kappa shape index (κ3) is 3.66. The van der Waals surface area contributed by atoms with Crippen LogP contribution in [0.1, 0.15) is 39.5 Å². The lowest BCUT2D eigenvalue weighted by atomic mass is 9.83. The molecule has 1 aliphatic rings. The van der Waals surface area contributed by atoms with Crippen LogP contribution in [0.5, 0.6) is 0 Å². The fourth-order valence-electron chi connectivity index (χ4n) is 1.49. The molecule has 0 aromatic heterocycles. The molecule has 14 heavy (non-hydrogen) atoms. The number of hydrogen-bond donors (Lipinski definition) is 2. The summed E-state index contributed by atoms with van der Waals surface area (Å²) in [6.45, 7) is 4.29. The van der Waals surface area contributed by atoms with Gasteiger partial charge in [-0.2, -0.15) is 0 Å². The van der Waals surface area contributed by atoms with Crippen LogP contribution in [0, 0.1) is 11.8 Å². The van der Waals surface area contributed by atoms with Crippen molar-refractivity contribution < 1.29 is 9.90 Å². The van der Waals surface area contributed by atoms with Crippen molar-refractivity contribution in [3.8, 4) is 0 Å². The quantitative estimate of drug-likeness (QED) is 0.701. The molecule has 0 aliphatic heterocycles. The number of carbonyl (C=O) groups is 1. The van der Waals surface area contributed by atoms with Crippen LogP contribution >= 0.6 is 0 Å². The number of hydrogen-bond acceptors (Lipinski definition) is 2. The van der Waals surface area contributed by atoms with Gasteiger partial charge in [0.25, 0.3) is 0 Å². The molecule has 0 heterocycles. The van der Waals surface area contributed by atoms with Crippen LogP contribution in [0.4, 0.5) is 0 Å². The standard InChI is InChI=1S/C11H21NO2/c1-8(2)10(13)7-12-11(14)6-9-4-3-5-9/h8-10,13H,3-7H2,1-2H3,(H,12,14). The first kappa shape index (κ1) is 11.5. The van der Waals surface area contributed by atoms with E-state index in [1.54, 1.807) is 0 Å². The number of rotatable bonds is 5. The average Bonchev–Trinajstić information content (AvgIpc) is 2.07. The van der Waals surface area contributed by atoms with Crippen LogP contribution in [-0.2, 0) is 4.79 Å². The van der Waals surface area contributed by atoms with Crippen molar-refractivity contribution in [1.29, 1.82) is 0 Å². The van der Waals surface area contributed by atoms with Crippen molar-refractivity contribution in [3.05, 3.63) is 0 Å². The lowest BCUT2D eigenvalue weighted by Gasteiger charge is -2.25. The van der Waals surface area contributed by atoms with E-state index in [2.05, 4.69) is 5.32 Å². The van der Waals surface area contributed by atoms with Gasteiger partial charge < -0.3 is 10.4 Å². The Labute approximate surface area is 85.9 Å². The zero-order valence-electron chi connectivity index (χ0n) is 9.12. The Hall–Kier alpha value is -0.570. The number of aliphatic hydroxyl groups is 1. The molecule has 1 unspecified atom stereocenters. The molecule has 1 atom stereocenters. The number of nitrogens with one attached hydrogen (secondary N) is 1. The minimum absolute atomic E-state index is 0.0920.